The minimum absolute atomic E-state index is 0.0686. The Morgan fingerprint density at radius 1 is 1.20 bits per heavy atom. The molecule has 0 aliphatic carbocycles. The Kier molecular flexibility index (Phi) is 7.99. The first kappa shape index (κ1) is 25.5. The maximum absolute atomic E-state index is 15.7. The van der Waals surface area contributed by atoms with Gasteiger partial charge in [0.25, 0.3) is 0 Å². The number of likely N-dealkylation sites (tertiary alicyclic amines) is 1. The number of allylic oxidation sites excluding steroid dienone is 1. The van der Waals surface area contributed by atoms with Crippen LogP contribution in [-0.4, -0.2) is 82.0 Å². The molecule has 3 heterocycles. The van der Waals surface area contributed by atoms with Crippen LogP contribution in [0.15, 0.2) is 28.5 Å². The van der Waals surface area contributed by atoms with Crippen LogP contribution in [0.5, 0.6) is 0 Å². The molecule has 0 saturated carbocycles. The summed E-state index contributed by atoms with van der Waals surface area (Å²) in [6.07, 6.45) is 5.24. The van der Waals surface area contributed by atoms with Gasteiger partial charge >= 0.3 is 0 Å². The van der Waals surface area contributed by atoms with Crippen LogP contribution in [0.2, 0.25) is 0 Å². The van der Waals surface area contributed by atoms with E-state index in [4.69, 9.17) is 0 Å². The highest BCUT2D eigenvalue weighted by molar-refractivity contribution is 5.84. The molecule has 0 spiro atoms. The molecule has 0 aromatic heterocycles. The van der Waals surface area contributed by atoms with Crippen molar-refractivity contribution in [2.24, 2.45) is 4.99 Å². The van der Waals surface area contributed by atoms with Gasteiger partial charge in [0.15, 0.2) is 5.96 Å². The molecule has 0 bridgehead atoms. The minimum Gasteiger partial charge on any atom is -0.369 e. The molecule has 0 atom stereocenters. The number of nitrogens with one attached hydrogen (secondary N) is 2. The molecule has 0 unspecified atom stereocenters. The molecule has 0 radical (unpaired) electrons. The maximum atomic E-state index is 15.7. The molecule has 8 heteroatoms. The van der Waals surface area contributed by atoms with E-state index in [0.29, 0.717) is 0 Å². The molecule has 2 fully saturated rings. The summed E-state index contributed by atoms with van der Waals surface area (Å²) in [5, 5.41) is 6.81. The van der Waals surface area contributed by atoms with Gasteiger partial charge in [-0.05, 0) is 60.8 Å². The summed E-state index contributed by atoms with van der Waals surface area (Å²) >= 11 is 0. The van der Waals surface area contributed by atoms with Crippen LogP contribution in [0.1, 0.15) is 50.7 Å². The lowest BCUT2D eigenvalue weighted by molar-refractivity contribution is -0.105. The van der Waals surface area contributed by atoms with Crippen LogP contribution in [0.25, 0.3) is 0 Å². The predicted molar refractivity (Wildman–Crippen MR) is 140 cm³/mol. The number of aliphatic imine (C=N–C) groups is 1. The van der Waals surface area contributed by atoms with Gasteiger partial charge in [0.1, 0.15) is 17.9 Å². The number of carbonyl (C=O) groups excluding carboxylic acids is 1. The molecular formula is C27H41FN6O. The average Bonchev–Trinajstić information content (AvgIpc) is 2.88. The number of piperazine rings is 1. The Morgan fingerprint density at radius 3 is 2.54 bits per heavy atom. The fraction of sp³-hybridized carbons (Fsp3) is 0.630. The fourth-order valence-electron chi connectivity index (χ4n) is 5.82. The number of hydrogen-bond acceptors (Lipinski definition) is 5. The second-order valence-corrected chi connectivity index (χ2v) is 10.3. The average molecular weight is 485 g/mol. The molecule has 1 aromatic carbocycles. The molecule has 7 nitrogen and oxygen atoms in total. The number of rotatable bonds is 5. The third kappa shape index (κ3) is 5.32. The van der Waals surface area contributed by atoms with E-state index in [1.807, 2.05) is 7.05 Å². The third-order valence-corrected chi connectivity index (χ3v) is 8.00. The first-order chi connectivity index (χ1) is 16.9. The number of anilines is 1. The number of benzene rings is 1. The van der Waals surface area contributed by atoms with Crippen molar-refractivity contribution in [1.82, 2.24) is 20.4 Å². The summed E-state index contributed by atoms with van der Waals surface area (Å²) in [6, 6.07) is 3.97. The maximum Gasteiger partial charge on any atom is 0.199 e. The van der Waals surface area contributed by atoms with E-state index in [2.05, 4.69) is 50.2 Å². The van der Waals surface area contributed by atoms with Gasteiger partial charge in [0.2, 0.25) is 0 Å². The van der Waals surface area contributed by atoms with Crippen molar-refractivity contribution in [3.63, 3.8) is 0 Å². The third-order valence-electron chi connectivity index (χ3n) is 8.00. The molecule has 35 heavy (non-hydrogen) atoms. The Morgan fingerprint density at radius 2 is 1.91 bits per heavy atom. The topological polar surface area (TPSA) is 63.2 Å². The standard InChI is InChI=1S/C27H41FN6O/c1-5-20-17-22(33-15-10-30-11-16-33)18-23(28)24(20)27(2)8-13-34(14-9-27)26(29-3)31-25-21(19-35)7-6-12-32(25)4/h17-19,30H,5-16H2,1-4H3,(H,29,31). The van der Waals surface area contributed by atoms with Gasteiger partial charge in [-0.15, -0.1) is 0 Å². The van der Waals surface area contributed by atoms with Crippen molar-refractivity contribution in [2.45, 2.75) is 51.4 Å². The number of piperidine rings is 1. The largest absolute Gasteiger partial charge is 0.369 e. The number of halogens is 1. The Hall–Kier alpha value is -2.61. The molecule has 4 rings (SSSR count). The molecule has 2 saturated heterocycles. The van der Waals surface area contributed by atoms with E-state index in [-0.39, 0.29) is 11.2 Å². The summed E-state index contributed by atoms with van der Waals surface area (Å²) in [4.78, 5) is 22.7. The van der Waals surface area contributed by atoms with Gasteiger partial charge in [-0.2, -0.15) is 0 Å². The van der Waals surface area contributed by atoms with Gasteiger partial charge in [-0.3, -0.25) is 9.79 Å². The normalized spacial score (nSPS) is 21.4. The molecule has 1 aromatic rings. The second kappa shape index (κ2) is 11.0. The van der Waals surface area contributed by atoms with Crippen molar-refractivity contribution in [3.05, 3.63) is 40.5 Å². The van der Waals surface area contributed by atoms with Crippen LogP contribution in [0, 0.1) is 5.82 Å². The van der Waals surface area contributed by atoms with E-state index in [1.54, 1.807) is 13.1 Å². The highest BCUT2D eigenvalue weighted by Gasteiger charge is 2.37. The zero-order valence-electron chi connectivity index (χ0n) is 21.8. The number of aryl methyl sites for hydroxylation is 1. The summed E-state index contributed by atoms with van der Waals surface area (Å²) in [6.45, 7) is 10.5. The summed E-state index contributed by atoms with van der Waals surface area (Å²) in [5.74, 6) is 1.56. The highest BCUT2D eigenvalue weighted by atomic mass is 19.1. The summed E-state index contributed by atoms with van der Waals surface area (Å²) in [5.41, 5.74) is 3.59. The van der Waals surface area contributed by atoms with Crippen molar-refractivity contribution >= 4 is 17.9 Å². The zero-order valence-corrected chi connectivity index (χ0v) is 21.8. The summed E-state index contributed by atoms with van der Waals surface area (Å²) in [7, 11) is 3.79. The SMILES string of the molecule is CCc1cc(N2CCNCC2)cc(F)c1C1(C)CCN(C(=NC)NC2=C(C=O)CCCN2C)CC1. The number of carbonyl (C=O) groups is 1. The highest BCUT2D eigenvalue weighted by Crippen LogP contribution is 2.40. The van der Waals surface area contributed by atoms with E-state index < -0.39 is 0 Å². The first-order valence-corrected chi connectivity index (χ1v) is 13.1. The number of guanidine groups is 1. The lowest BCUT2D eigenvalue weighted by Gasteiger charge is -2.43. The van der Waals surface area contributed by atoms with Crippen LogP contribution >= 0.6 is 0 Å². The van der Waals surface area contributed by atoms with E-state index in [9.17, 15) is 4.79 Å². The van der Waals surface area contributed by atoms with Crippen LogP contribution < -0.4 is 15.5 Å². The Balaban J connectivity index is 1.50. The monoisotopic (exact) mass is 484 g/mol. The molecule has 0 amide bonds. The van der Waals surface area contributed by atoms with Gasteiger partial charge in [-0.25, -0.2) is 4.39 Å². The van der Waals surface area contributed by atoms with Gasteiger partial charge < -0.3 is 25.3 Å². The van der Waals surface area contributed by atoms with Crippen molar-refractivity contribution < 1.29 is 9.18 Å². The lowest BCUT2D eigenvalue weighted by atomic mass is 9.72. The van der Waals surface area contributed by atoms with Gasteiger partial charge in [0, 0.05) is 71.2 Å². The van der Waals surface area contributed by atoms with Crippen LogP contribution in [0.4, 0.5) is 10.1 Å². The number of aldehydes is 1. The fourth-order valence-corrected chi connectivity index (χ4v) is 5.82. The van der Waals surface area contributed by atoms with E-state index in [1.165, 1.54) is 0 Å². The van der Waals surface area contributed by atoms with Crippen molar-refractivity contribution in [2.75, 3.05) is 64.8 Å². The van der Waals surface area contributed by atoms with Gasteiger partial charge in [0.05, 0.1) is 0 Å². The summed E-state index contributed by atoms with van der Waals surface area (Å²) < 4.78 is 15.7. The molecule has 2 N–H and O–H groups in total. The minimum atomic E-state index is -0.221. The number of hydrogen-bond donors (Lipinski definition) is 2. The van der Waals surface area contributed by atoms with E-state index in [0.717, 1.165) is 118 Å². The molecular weight excluding hydrogens is 443 g/mol. The molecule has 3 aliphatic rings. The molecule has 192 valence electrons. The van der Waals surface area contributed by atoms with E-state index >= 15 is 4.39 Å². The second-order valence-electron chi connectivity index (χ2n) is 10.3. The Labute approximate surface area is 209 Å². The quantitative estimate of drug-likeness (QED) is 0.381. The zero-order chi connectivity index (χ0) is 25.0. The smallest absolute Gasteiger partial charge is 0.199 e. The Bertz CT molecular complexity index is 976. The predicted octanol–water partition coefficient (Wildman–Crippen LogP) is 2.86. The van der Waals surface area contributed by atoms with Crippen LogP contribution in [0.3, 0.4) is 0 Å². The van der Waals surface area contributed by atoms with Gasteiger partial charge in [-0.1, -0.05) is 13.8 Å². The lowest BCUT2D eigenvalue weighted by Crippen LogP contribution is -2.51. The number of nitrogens with zero attached hydrogens (tertiary/aromatic N) is 4. The van der Waals surface area contributed by atoms with Crippen molar-refractivity contribution in [1.29, 1.82) is 0 Å². The first-order valence-electron chi connectivity index (χ1n) is 13.1. The van der Waals surface area contributed by atoms with Crippen molar-refractivity contribution in [3.8, 4) is 0 Å². The molecule has 3 aliphatic heterocycles. The van der Waals surface area contributed by atoms with Crippen LogP contribution in [-0.2, 0) is 16.6 Å².